The molecule has 244 valence electrons. The minimum atomic E-state index is 0.601. The van der Waals surface area contributed by atoms with Crippen molar-refractivity contribution in [3.05, 3.63) is 134 Å². The topological polar surface area (TPSA) is 109 Å². The quantitative estimate of drug-likeness (QED) is 0.185. The van der Waals surface area contributed by atoms with E-state index in [1.54, 1.807) is 28.9 Å². The normalized spacial score (nSPS) is 11.8. The summed E-state index contributed by atoms with van der Waals surface area (Å²) in [6, 6.07) is 39.6. The van der Waals surface area contributed by atoms with E-state index < -0.39 is 0 Å². The Bertz CT molecular complexity index is 3060. The molecule has 11 aromatic rings. The van der Waals surface area contributed by atoms with Crippen LogP contribution in [0.2, 0.25) is 0 Å². The van der Waals surface area contributed by atoms with Gasteiger partial charge < -0.3 is 9.97 Å². The first-order valence-electron chi connectivity index (χ1n) is 16.8. The summed E-state index contributed by atoms with van der Waals surface area (Å²) in [7, 11) is 0. The zero-order chi connectivity index (χ0) is 34.2. The molecule has 2 N–H and O–H groups in total. The fourth-order valence-corrected chi connectivity index (χ4v) is 9.12. The van der Waals surface area contributed by atoms with Crippen molar-refractivity contribution in [2.24, 2.45) is 0 Å². The maximum absolute atomic E-state index is 5.34. The van der Waals surface area contributed by atoms with Gasteiger partial charge in [-0.1, -0.05) is 54.6 Å². The molecule has 0 amide bonds. The van der Waals surface area contributed by atoms with Crippen molar-refractivity contribution in [3.8, 4) is 55.3 Å². The van der Waals surface area contributed by atoms with Gasteiger partial charge in [0.05, 0.1) is 42.9 Å². The third-order valence-corrected chi connectivity index (χ3v) is 11.6. The number of rotatable bonds is 5. The Kier molecular flexibility index (Phi) is 6.42. The van der Waals surface area contributed by atoms with Crippen molar-refractivity contribution < 1.29 is 0 Å². The molecule has 0 bridgehead atoms. The van der Waals surface area contributed by atoms with Gasteiger partial charge in [-0.25, -0.2) is 24.9 Å². The smallest absolute Gasteiger partial charge is 0.170 e. The first kappa shape index (κ1) is 29.1. The van der Waals surface area contributed by atoms with Crippen LogP contribution in [-0.4, -0.2) is 39.9 Å². The predicted octanol–water partition coefficient (Wildman–Crippen LogP) is 10.9. The number of para-hydroxylation sites is 3. The number of hydrogen-bond donors (Lipinski definition) is 2. The number of thiophene rings is 2. The number of nitrogens with zero attached hydrogens (tertiary/aromatic N) is 6. The zero-order valence-electron chi connectivity index (χ0n) is 27.2. The highest BCUT2D eigenvalue weighted by molar-refractivity contribution is 7.22. The standard InChI is InChI=1S/C42H24N8S2/c1-3-10-26-23(8-1)15-16-29(46-26)37-36(34-20-24-9-2-6-13-32(24)51-34)25(40-47-27-11-4-5-12-28(27)48-40)21-31-38(37)39(42-44-18-19-45-42)50-41(49-31)35-22-30-33(52-35)14-7-17-43-30/h1-22H,(H,44,45)(H,47,48). The van der Waals surface area contributed by atoms with Crippen LogP contribution in [0.5, 0.6) is 0 Å². The Hall–Kier alpha value is -6.62. The molecule has 52 heavy (non-hydrogen) atoms. The van der Waals surface area contributed by atoms with E-state index in [2.05, 4.69) is 93.8 Å². The van der Waals surface area contributed by atoms with Gasteiger partial charge in [-0.3, -0.25) is 4.98 Å². The van der Waals surface area contributed by atoms with E-state index in [-0.39, 0.29) is 0 Å². The van der Waals surface area contributed by atoms with Gasteiger partial charge in [-0.15, -0.1) is 22.7 Å². The van der Waals surface area contributed by atoms with Crippen LogP contribution in [0.1, 0.15) is 0 Å². The number of fused-ring (bicyclic) bond motifs is 5. The summed E-state index contributed by atoms with van der Waals surface area (Å²) in [5.74, 6) is 2.00. The molecule has 0 aliphatic heterocycles. The number of H-pyrrole nitrogens is 2. The van der Waals surface area contributed by atoms with Crippen LogP contribution >= 0.6 is 22.7 Å². The van der Waals surface area contributed by atoms with E-state index in [1.807, 2.05) is 48.8 Å². The molecule has 0 saturated heterocycles. The average molecular weight is 705 g/mol. The Labute approximate surface area is 303 Å². The number of hydrogen-bond acceptors (Lipinski definition) is 8. The SMILES string of the molecule is c1ccc2nc(-c3c(-c4cc5ccccc5s4)c(-c4nc5ccccc5[nH]4)cc4nc(-c5cc6ncccc6s5)nc(-c5ncc[nH]5)c34)ccc2c1. The molecule has 0 spiro atoms. The first-order chi connectivity index (χ1) is 25.7. The predicted molar refractivity (Wildman–Crippen MR) is 212 cm³/mol. The summed E-state index contributed by atoms with van der Waals surface area (Å²) >= 11 is 3.38. The van der Waals surface area contributed by atoms with Crippen LogP contribution in [-0.2, 0) is 0 Å². The molecule has 0 saturated carbocycles. The van der Waals surface area contributed by atoms with Gasteiger partial charge >= 0.3 is 0 Å². The summed E-state index contributed by atoms with van der Waals surface area (Å²) in [5, 5.41) is 3.09. The number of imidazole rings is 2. The first-order valence-corrected chi connectivity index (χ1v) is 18.4. The molecule has 0 atom stereocenters. The highest BCUT2D eigenvalue weighted by Gasteiger charge is 2.27. The zero-order valence-corrected chi connectivity index (χ0v) is 28.8. The molecule has 0 unspecified atom stereocenters. The van der Waals surface area contributed by atoms with E-state index in [1.165, 1.54) is 10.1 Å². The number of aromatic amines is 2. The molecule has 4 aromatic carbocycles. The van der Waals surface area contributed by atoms with E-state index in [0.717, 1.165) is 81.0 Å². The molecule has 7 aromatic heterocycles. The van der Waals surface area contributed by atoms with Crippen LogP contribution in [0.3, 0.4) is 0 Å². The monoisotopic (exact) mass is 704 g/mol. The van der Waals surface area contributed by atoms with Crippen molar-refractivity contribution >= 4 is 75.8 Å². The Morgan fingerprint density at radius 2 is 1.35 bits per heavy atom. The second kappa shape index (κ2) is 11.5. The summed E-state index contributed by atoms with van der Waals surface area (Å²) in [4.78, 5) is 39.5. The lowest BCUT2D eigenvalue weighted by Crippen LogP contribution is -2.01. The van der Waals surface area contributed by atoms with Crippen molar-refractivity contribution in [3.63, 3.8) is 0 Å². The van der Waals surface area contributed by atoms with Crippen LogP contribution in [0.25, 0.3) is 108 Å². The average Bonchev–Trinajstić information content (AvgIpc) is 4.02. The minimum absolute atomic E-state index is 0.601. The third-order valence-electron chi connectivity index (χ3n) is 9.39. The molecule has 0 aliphatic rings. The molecule has 7 heterocycles. The Morgan fingerprint density at radius 1 is 0.519 bits per heavy atom. The van der Waals surface area contributed by atoms with Gasteiger partial charge in [-0.05, 0) is 66.0 Å². The highest BCUT2D eigenvalue weighted by atomic mass is 32.1. The largest absolute Gasteiger partial charge is 0.343 e. The van der Waals surface area contributed by atoms with Gasteiger partial charge in [0, 0.05) is 55.6 Å². The Balaban J connectivity index is 1.33. The van der Waals surface area contributed by atoms with Crippen molar-refractivity contribution in [2.75, 3.05) is 0 Å². The highest BCUT2D eigenvalue weighted by Crippen LogP contribution is 2.49. The van der Waals surface area contributed by atoms with Gasteiger partial charge in [0.2, 0.25) is 0 Å². The van der Waals surface area contributed by atoms with Crippen LogP contribution in [0.4, 0.5) is 0 Å². The third kappa shape index (κ3) is 4.65. The summed E-state index contributed by atoms with van der Waals surface area (Å²) in [6.07, 6.45) is 5.40. The lowest BCUT2D eigenvalue weighted by atomic mass is 9.90. The van der Waals surface area contributed by atoms with Gasteiger partial charge in [-0.2, -0.15) is 0 Å². The molecule has 8 nitrogen and oxygen atoms in total. The molecule has 0 fully saturated rings. The van der Waals surface area contributed by atoms with Crippen LogP contribution in [0.15, 0.2) is 134 Å². The minimum Gasteiger partial charge on any atom is -0.343 e. The molecule has 0 aliphatic carbocycles. The van der Waals surface area contributed by atoms with E-state index >= 15 is 0 Å². The van der Waals surface area contributed by atoms with E-state index in [0.29, 0.717) is 17.3 Å². The Morgan fingerprint density at radius 3 is 2.21 bits per heavy atom. The van der Waals surface area contributed by atoms with Gasteiger partial charge in [0.1, 0.15) is 11.5 Å². The maximum atomic E-state index is 5.34. The van der Waals surface area contributed by atoms with Crippen molar-refractivity contribution in [1.82, 2.24) is 39.9 Å². The second-order valence-electron chi connectivity index (χ2n) is 12.5. The lowest BCUT2D eigenvalue weighted by Gasteiger charge is -2.18. The molecule has 10 heteroatoms. The van der Waals surface area contributed by atoms with Crippen LogP contribution < -0.4 is 0 Å². The fourth-order valence-electron chi connectivity index (χ4n) is 7.04. The molecular formula is C42H24N8S2. The molecule has 0 radical (unpaired) electrons. The lowest BCUT2D eigenvalue weighted by molar-refractivity contribution is 1.19. The summed E-state index contributed by atoms with van der Waals surface area (Å²) in [5.41, 5.74) is 8.77. The van der Waals surface area contributed by atoms with E-state index in [4.69, 9.17) is 24.9 Å². The second-order valence-corrected chi connectivity index (χ2v) is 14.7. The van der Waals surface area contributed by atoms with Crippen molar-refractivity contribution in [1.29, 1.82) is 0 Å². The van der Waals surface area contributed by atoms with Crippen LogP contribution in [0, 0.1) is 0 Å². The summed E-state index contributed by atoms with van der Waals surface area (Å²) in [6.45, 7) is 0. The number of nitrogens with one attached hydrogen (secondary N) is 2. The van der Waals surface area contributed by atoms with Gasteiger partial charge in [0.25, 0.3) is 0 Å². The maximum Gasteiger partial charge on any atom is 0.170 e. The number of pyridine rings is 2. The van der Waals surface area contributed by atoms with Gasteiger partial charge in [0.15, 0.2) is 11.6 Å². The summed E-state index contributed by atoms with van der Waals surface area (Å²) < 4.78 is 2.27. The number of benzene rings is 4. The molecular weight excluding hydrogens is 681 g/mol. The van der Waals surface area contributed by atoms with E-state index in [9.17, 15) is 0 Å². The molecule has 11 rings (SSSR count). The van der Waals surface area contributed by atoms with Crippen molar-refractivity contribution in [2.45, 2.75) is 0 Å². The number of aromatic nitrogens is 8. The fraction of sp³-hybridized carbons (Fsp3) is 0.